The molecule has 1 aromatic rings. The quantitative estimate of drug-likeness (QED) is 0.164. The number of nitrogens with one attached hydrogen (secondary N) is 3. The van der Waals surface area contributed by atoms with Crippen LogP contribution in [0.5, 0.6) is 0 Å². The molecular formula is C12H20N8O4S4. The molecule has 2 heterocycles. The number of hydrogen-bond acceptors (Lipinski definition) is 10. The van der Waals surface area contributed by atoms with Gasteiger partial charge in [0.25, 0.3) is 20.0 Å². The fraction of sp³-hybridized carbons (Fsp3) is 0.417. The Morgan fingerprint density at radius 1 is 1.39 bits per heavy atom. The van der Waals surface area contributed by atoms with Crippen molar-refractivity contribution in [1.82, 2.24) is 19.7 Å². The van der Waals surface area contributed by atoms with Crippen LogP contribution in [0.3, 0.4) is 0 Å². The number of thiazole rings is 1. The van der Waals surface area contributed by atoms with Gasteiger partial charge in [0.05, 0.1) is 12.2 Å². The van der Waals surface area contributed by atoms with Gasteiger partial charge in [0.1, 0.15) is 5.70 Å². The second kappa shape index (κ2) is 9.08. The third-order valence-electron chi connectivity index (χ3n) is 3.20. The van der Waals surface area contributed by atoms with E-state index >= 15 is 0 Å². The molecular weight excluding hydrogens is 448 g/mol. The first-order chi connectivity index (χ1) is 13.1. The number of amidine groups is 1. The highest BCUT2D eigenvalue weighted by Gasteiger charge is 2.41. The van der Waals surface area contributed by atoms with Crippen molar-refractivity contribution in [2.24, 2.45) is 21.5 Å². The lowest BCUT2D eigenvalue weighted by Gasteiger charge is -2.04. The van der Waals surface area contributed by atoms with E-state index in [0.29, 0.717) is 16.6 Å². The van der Waals surface area contributed by atoms with Gasteiger partial charge in [-0.15, -0.1) is 11.3 Å². The van der Waals surface area contributed by atoms with Gasteiger partial charge in [0.15, 0.2) is 11.8 Å². The predicted molar refractivity (Wildman–Crippen MR) is 112 cm³/mol. The highest BCUT2D eigenvalue weighted by atomic mass is 32.3. The van der Waals surface area contributed by atoms with E-state index in [2.05, 4.69) is 25.0 Å². The average molecular weight is 469 g/mol. The number of rotatable bonds is 9. The molecule has 1 aliphatic heterocycles. The van der Waals surface area contributed by atoms with Crippen molar-refractivity contribution in [1.29, 1.82) is 0 Å². The van der Waals surface area contributed by atoms with Crippen molar-refractivity contribution >= 4 is 60.1 Å². The number of sulfonamides is 2. The minimum atomic E-state index is -4.22. The smallest absolute Gasteiger partial charge is 0.277 e. The Morgan fingerprint density at radius 2 is 2.11 bits per heavy atom. The van der Waals surface area contributed by atoms with Gasteiger partial charge in [0, 0.05) is 23.9 Å². The molecule has 0 spiro atoms. The summed E-state index contributed by atoms with van der Waals surface area (Å²) < 4.78 is 51.7. The van der Waals surface area contributed by atoms with Crippen molar-refractivity contribution in [2.45, 2.75) is 5.75 Å². The van der Waals surface area contributed by atoms with Crippen LogP contribution < -0.4 is 26.2 Å². The van der Waals surface area contributed by atoms with Gasteiger partial charge in [-0.1, -0.05) is 0 Å². The molecule has 0 unspecified atom stereocenters. The van der Waals surface area contributed by atoms with E-state index in [-0.39, 0.29) is 24.0 Å². The lowest BCUT2D eigenvalue weighted by molar-refractivity contribution is 0.590. The number of hydrogen-bond donors (Lipinski definition) is 5. The maximum atomic E-state index is 12.1. The van der Waals surface area contributed by atoms with E-state index in [9.17, 15) is 16.8 Å². The minimum Gasteiger partial charge on any atom is -0.383 e. The van der Waals surface area contributed by atoms with Crippen molar-refractivity contribution in [3.05, 3.63) is 21.0 Å². The zero-order valence-corrected chi connectivity index (χ0v) is 18.2. The van der Waals surface area contributed by atoms with Crippen LogP contribution in [0, 0.1) is 0 Å². The predicted octanol–water partition coefficient (Wildman–Crippen LogP) is -1.45. The summed E-state index contributed by atoms with van der Waals surface area (Å²) in [5.41, 5.74) is 11.3. The van der Waals surface area contributed by atoms with Crippen LogP contribution in [0.2, 0.25) is 0 Å². The molecule has 0 atom stereocenters. The zero-order chi connectivity index (χ0) is 20.9. The van der Waals surface area contributed by atoms with Crippen molar-refractivity contribution < 1.29 is 16.8 Å². The molecule has 7 N–H and O–H groups in total. The van der Waals surface area contributed by atoms with Gasteiger partial charge in [-0.2, -0.15) is 16.8 Å². The Balaban J connectivity index is 2.01. The summed E-state index contributed by atoms with van der Waals surface area (Å²) in [7, 11) is -5.85. The Bertz CT molecular complexity index is 1020. The molecule has 156 valence electrons. The Hall–Kier alpha value is -1.88. The number of guanidine groups is 1. The van der Waals surface area contributed by atoms with Gasteiger partial charge >= 0.3 is 0 Å². The molecule has 0 aromatic carbocycles. The van der Waals surface area contributed by atoms with Crippen LogP contribution in [0.4, 0.5) is 5.13 Å². The number of nitrogens with two attached hydrogens (primary N) is 2. The average Bonchev–Trinajstić information content (AvgIpc) is 3.14. The van der Waals surface area contributed by atoms with Gasteiger partial charge in [-0.25, -0.2) is 26.5 Å². The molecule has 2 rings (SSSR count). The zero-order valence-electron chi connectivity index (χ0n) is 15.0. The molecule has 0 radical (unpaired) electrons. The highest BCUT2D eigenvalue weighted by molar-refractivity contribution is 8.13. The molecule has 0 fully saturated rings. The first-order valence-corrected chi connectivity index (χ1v) is 12.7. The first-order valence-electron chi connectivity index (χ1n) is 7.65. The monoisotopic (exact) mass is 468 g/mol. The second-order valence-electron chi connectivity index (χ2n) is 5.17. The van der Waals surface area contributed by atoms with Crippen molar-refractivity contribution in [2.75, 3.05) is 26.4 Å². The topological polar surface area (TPSA) is 194 Å². The SMILES string of the molecule is CNC1=C(S(=O)(=O)NC)S(=O)(=O)NC1=NCCSCc1csc(N=C(N)N)n1. The summed E-state index contributed by atoms with van der Waals surface area (Å²) in [6, 6.07) is 0. The largest absolute Gasteiger partial charge is 0.383 e. The van der Waals surface area contributed by atoms with E-state index in [4.69, 9.17) is 11.5 Å². The fourth-order valence-corrected chi connectivity index (χ4v) is 6.78. The van der Waals surface area contributed by atoms with Gasteiger partial charge in [-0.05, 0) is 7.05 Å². The maximum Gasteiger partial charge on any atom is 0.277 e. The molecule has 0 saturated carbocycles. The van der Waals surface area contributed by atoms with Gasteiger partial charge in [0.2, 0.25) is 9.37 Å². The summed E-state index contributed by atoms with van der Waals surface area (Å²) in [6.45, 7) is 0.269. The molecule has 28 heavy (non-hydrogen) atoms. The Morgan fingerprint density at radius 3 is 2.71 bits per heavy atom. The van der Waals surface area contributed by atoms with Crippen molar-refractivity contribution in [3.63, 3.8) is 0 Å². The lowest BCUT2D eigenvalue weighted by Crippen LogP contribution is -2.29. The van der Waals surface area contributed by atoms with Crippen LogP contribution in [-0.2, 0) is 25.8 Å². The molecule has 1 aliphatic rings. The fourth-order valence-electron chi connectivity index (χ4n) is 2.08. The Labute approximate surface area is 171 Å². The van der Waals surface area contributed by atoms with E-state index in [1.54, 1.807) is 0 Å². The molecule has 0 bridgehead atoms. The summed E-state index contributed by atoms with van der Waals surface area (Å²) in [6.07, 6.45) is 0. The van der Waals surface area contributed by atoms with Crippen molar-refractivity contribution in [3.8, 4) is 0 Å². The van der Waals surface area contributed by atoms with E-state index in [1.807, 2.05) is 10.1 Å². The lowest BCUT2D eigenvalue weighted by atomic mass is 10.4. The summed E-state index contributed by atoms with van der Waals surface area (Å²) >= 11 is 2.84. The summed E-state index contributed by atoms with van der Waals surface area (Å²) in [4.78, 5) is 12.3. The number of nitrogens with zero attached hydrogens (tertiary/aromatic N) is 3. The number of aromatic nitrogens is 1. The maximum absolute atomic E-state index is 12.1. The number of likely N-dealkylation sites (N-methyl/N-ethyl adjacent to an activating group) is 1. The molecule has 1 aromatic heterocycles. The van der Waals surface area contributed by atoms with E-state index in [0.717, 1.165) is 12.7 Å². The van der Waals surface area contributed by atoms with Crippen LogP contribution in [-0.4, -0.2) is 60.0 Å². The molecule has 0 saturated heterocycles. The van der Waals surface area contributed by atoms with Gasteiger partial charge < -0.3 is 16.8 Å². The van der Waals surface area contributed by atoms with Crippen LogP contribution in [0.15, 0.2) is 25.3 Å². The summed E-state index contributed by atoms with van der Waals surface area (Å²) in [5, 5.41) is 4.89. The van der Waals surface area contributed by atoms with E-state index in [1.165, 1.54) is 30.1 Å². The normalized spacial score (nSPS) is 17.6. The van der Waals surface area contributed by atoms with Crippen LogP contribution in [0.25, 0.3) is 0 Å². The van der Waals surface area contributed by atoms with E-state index < -0.39 is 24.3 Å². The first kappa shape index (κ1) is 22.4. The molecule has 12 nitrogen and oxygen atoms in total. The van der Waals surface area contributed by atoms with Crippen LogP contribution >= 0.6 is 23.1 Å². The standard InChI is InChI=1S/C12H20N8O4S4/c1-15-8-9(20-28(23,24)10(8)27(21,22)16-2)17-3-4-25-5-7-6-26-12(18-7)19-11(13)14/h6,15-16H,3-5H2,1-2H3,(H,17,20)(H4,13,14,18,19). The molecule has 0 aliphatic carbocycles. The third-order valence-corrected chi connectivity index (χ3v) is 8.65. The molecule has 16 heteroatoms. The van der Waals surface area contributed by atoms with Gasteiger partial charge in [-0.3, -0.25) is 9.71 Å². The minimum absolute atomic E-state index is 0.0411. The second-order valence-corrected chi connectivity index (χ2v) is 10.8. The van der Waals surface area contributed by atoms with Crippen LogP contribution in [0.1, 0.15) is 5.69 Å². The third kappa shape index (κ3) is 5.34. The number of aliphatic imine (C=N–C) groups is 2. The molecule has 0 amide bonds. The summed E-state index contributed by atoms with van der Waals surface area (Å²) in [5.74, 6) is 1.06. The number of thioether (sulfide) groups is 1. The Kier molecular flexibility index (Phi) is 7.27. The highest BCUT2D eigenvalue weighted by Crippen LogP contribution is 2.24.